The van der Waals surface area contributed by atoms with E-state index in [0.717, 1.165) is 39.1 Å². The van der Waals surface area contributed by atoms with Gasteiger partial charge in [0.1, 0.15) is 0 Å². The van der Waals surface area contributed by atoms with Gasteiger partial charge < -0.3 is 4.74 Å². The Morgan fingerprint density at radius 3 is 2.25 bits per heavy atom. The molecule has 1 aliphatic carbocycles. The molecule has 1 saturated heterocycles. The van der Waals surface area contributed by atoms with Crippen LogP contribution >= 0.6 is 0 Å². The molecular formula is C13H23NO2. The second-order valence-corrected chi connectivity index (χ2v) is 5.36. The number of hydrogen-bond donors (Lipinski definition) is 0. The molecule has 0 spiro atoms. The number of ketones is 1. The lowest BCUT2D eigenvalue weighted by Crippen LogP contribution is -2.57. The Morgan fingerprint density at radius 2 is 1.75 bits per heavy atom. The molecule has 0 bridgehead atoms. The van der Waals surface area contributed by atoms with Gasteiger partial charge in [0.2, 0.25) is 0 Å². The minimum atomic E-state index is -0.141. The highest BCUT2D eigenvalue weighted by Gasteiger charge is 2.46. The third kappa shape index (κ3) is 2.03. The lowest BCUT2D eigenvalue weighted by molar-refractivity contribution is -0.137. The van der Waals surface area contributed by atoms with Gasteiger partial charge in [-0.3, -0.25) is 9.69 Å². The van der Waals surface area contributed by atoms with Crippen molar-refractivity contribution in [2.24, 2.45) is 5.92 Å². The summed E-state index contributed by atoms with van der Waals surface area (Å²) in [5, 5.41) is 0. The van der Waals surface area contributed by atoms with Crippen LogP contribution in [-0.2, 0) is 9.53 Å². The van der Waals surface area contributed by atoms with Crippen LogP contribution in [0.4, 0.5) is 0 Å². The molecule has 2 fully saturated rings. The van der Waals surface area contributed by atoms with E-state index in [4.69, 9.17) is 4.74 Å². The van der Waals surface area contributed by atoms with Crippen LogP contribution in [-0.4, -0.2) is 42.5 Å². The summed E-state index contributed by atoms with van der Waals surface area (Å²) in [7, 11) is 0. The van der Waals surface area contributed by atoms with E-state index in [9.17, 15) is 4.79 Å². The van der Waals surface area contributed by atoms with Crippen molar-refractivity contribution < 1.29 is 9.53 Å². The summed E-state index contributed by atoms with van der Waals surface area (Å²) in [6, 6.07) is 0. The van der Waals surface area contributed by atoms with Crippen LogP contribution in [0, 0.1) is 5.92 Å². The minimum Gasteiger partial charge on any atom is -0.379 e. The highest BCUT2D eigenvalue weighted by atomic mass is 16.5. The molecule has 1 aliphatic heterocycles. The Hall–Kier alpha value is -0.410. The Bertz CT molecular complexity index is 251. The third-order valence-electron chi connectivity index (χ3n) is 4.03. The maximum atomic E-state index is 12.5. The summed E-state index contributed by atoms with van der Waals surface area (Å²) < 4.78 is 5.39. The van der Waals surface area contributed by atoms with Crippen molar-refractivity contribution in [1.82, 2.24) is 4.90 Å². The van der Waals surface area contributed by atoms with Crippen LogP contribution in [0.25, 0.3) is 0 Å². The lowest BCUT2D eigenvalue weighted by Gasteiger charge is -2.43. The first-order valence-electron chi connectivity index (χ1n) is 6.54. The topological polar surface area (TPSA) is 29.5 Å². The third-order valence-corrected chi connectivity index (χ3v) is 4.03. The van der Waals surface area contributed by atoms with E-state index in [1.807, 2.05) is 13.8 Å². The Balaban J connectivity index is 2.17. The maximum Gasteiger partial charge on any atom is 0.155 e. The standard InChI is InChI=1S/C13H23NO2/c1-11(2)12(15)13(5-3-4-6-13)14-7-9-16-10-8-14/h11H,3-10H2,1-2H3. The van der Waals surface area contributed by atoms with Gasteiger partial charge in [0.25, 0.3) is 0 Å². The first-order chi connectivity index (χ1) is 7.67. The fourth-order valence-corrected chi connectivity index (χ4v) is 3.21. The van der Waals surface area contributed by atoms with Gasteiger partial charge >= 0.3 is 0 Å². The van der Waals surface area contributed by atoms with E-state index < -0.39 is 0 Å². The first-order valence-corrected chi connectivity index (χ1v) is 6.54. The molecule has 16 heavy (non-hydrogen) atoms. The molecule has 3 nitrogen and oxygen atoms in total. The summed E-state index contributed by atoms with van der Waals surface area (Å²) in [6.45, 7) is 7.49. The van der Waals surface area contributed by atoms with Gasteiger partial charge in [0.05, 0.1) is 18.8 Å². The molecule has 2 rings (SSSR count). The number of carbonyl (C=O) groups is 1. The average Bonchev–Trinajstić information content (AvgIpc) is 2.79. The zero-order valence-corrected chi connectivity index (χ0v) is 10.5. The molecule has 0 amide bonds. The summed E-state index contributed by atoms with van der Waals surface area (Å²) in [4.78, 5) is 14.9. The summed E-state index contributed by atoms with van der Waals surface area (Å²) >= 11 is 0. The van der Waals surface area contributed by atoms with Crippen molar-refractivity contribution in [3.63, 3.8) is 0 Å². The molecule has 0 atom stereocenters. The van der Waals surface area contributed by atoms with Crippen molar-refractivity contribution >= 4 is 5.78 Å². The van der Waals surface area contributed by atoms with Crippen LogP contribution in [0.15, 0.2) is 0 Å². The number of ether oxygens (including phenoxy) is 1. The van der Waals surface area contributed by atoms with E-state index in [1.54, 1.807) is 0 Å². The Kier molecular flexibility index (Phi) is 3.65. The SMILES string of the molecule is CC(C)C(=O)C1(N2CCOCC2)CCCC1. The number of carbonyl (C=O) groups excluding carboxylic acids is 1. The molecule has 0 aromatic carbocycles. The molecule has 2 aliphatic rings. The van der Waals surface area contributed by atoms with E-state index in [1.165, 1.54) is 12.8 Å². The average molecular weight is 225 g/mol. The number of hydrogen-bond acceptors (Lipinski definition) is 3. The molecule has 92 valence electrons. The number of Topliss-reactive ketones (excluding diaryl/α,β-unsaturated/α-hetero) is 1. The van der Waals surface area contributed by atoms with Gasteiger partial charge in [0, 0.05) is 19.0 Å². The van der Waals surface area contributed by atoms with Crippen molar-refractivity contribution in [3.05, 3.63) is 0 Å². The van der Waals surface area contributed by atoms with Crippen molar-refractivity contribution in [2.75, 3.05) is 26.3 Å². The van der Waals surface area contributed by atoms with Gasteiger partial charge in [-0.25, -0.2) is 0 Å². The fraction of sp³-hybridized carbons (Fsp3) is 0.923. The molecule has 0 aromatic rings. The summed E-state index contributed by atoms with van der Waals surface area (Å²) in [5.74, 6) is 0.604. The molecule has 1 heterocycles. The number of nitrogens with zero attached hydrogens (tertiary/aromatic N) is 1. The zero-order valence-electron chi connectivity index (χ0n) is 10.5. The summed E-state index contributed by atoms with van der Waals surface area (Å²) in [6.07, 6.45) is 4.53. The van der Waals surface area contributed by atoms with Crippen molar-refractivity contribution in [2.45, 2.75) is 45.1 Å². The zero-order chi connectivity index (χ0) is 11.6. The largest absolute Gasteiger partial charge is 0.379 e. The van der Waals surface area contributed by atoms with Crippen LogP contribution in [0.3, 0.4) is 0 Å². The van der Waals surface area contributed by atoms with Crippen molar-refractivity contribution in [1.29, 1.82) is 0 Å². The van der Waals surface area contributed by atoms with Gasteiger partial charge in [-0.15, -0.1) is 0 Å². The second-order valence-electron chi connectivity index (χ2n) is 5.36. The highest BCUT2D eigenvalue weighted by molar-refractivity contribution is 5.90. The molecule has 0 aromatic heterocycles. The van der Waals surface area contributed by atoms with Gasteiger partial charge in [0.15, 0.2) is 5.78 Å². The molecular weight excluding hydrogens is 202 g/mol. The van der Waals surface area contributed by atoms with Crippen LogP contribution in [0.5, 0.6) is 0 Å². The van der Waals surface area contributed by atoms with Gasteiger partial charge in [-0.05, 0) is 12.8 Å². The minimum absolute atomic E-state index is 0.141. The Labute approximate surface area is 98.1 Å². The lowest BCUT2D eigenvalue weighted by atomic mass is 9.83. The highest BCUT2D eigenvalue weighted by Crippen LogP contribution is 2.38. The quantitative estimate of drug-likeness (QED) is 0.734. The first kappa shape index (κ1) is 12.1. The molecule has 1 saturated carbocycles. The smallest absolute Gasteiger partial charge is 0.155 e. The molecule has 3 heteroatoms. The predicted octanol–water partition coefficient (Wildman–Crippen LogP) is 1.86. The number of rotatable bonds is 3. The van der Waals surface area contributed by atoms with E-state index in [-0.39, 0.29) is 11.5 Å². The monoisotopic (exact) mass is 225 g/mol. The van der Waals surface area contributed by atoms with E-state index >= 15 is 0 Å². The fourth-order valence-electron chi connectivity index (χ4n) is 3.21. The number of morpholine rings is 1. The van der Waals surface area contributed by atoms with Crippen LogP contribution in [0.2, 0.25) is 0 Å². The molecule has 0 radical (unpaired) electrons. The van der Waals surface area contributed by atoms with Gasteiger partial charge in [-0.1, -0.05) is 26.7 Å². The van der Waals surface area contributed by atoms with E-state index in [2.05, 4.69) is 4.90 Å². The maximum absolute atomic E-state index is 12.5. The second kappa shape index (κ2) is 4.84. The Morgan fingerprint density at radius 1 is 1.19 bits per heavy atom. The predicted molar refractivity (Wildman–Crippen MR) is 63.4 cm³/mol. The van der Waals surface area contributed by atoms with Crippen molar-refractivity contribution in [3.8, 4) is 0 Å². The van der Waals surface area contributed by atoms with Gasteiger partial charge in [-0.2, -0.15) is 0 Å². The van der Waals surface area contributed by atoms with E-state index in [0.29, 0.717) is 5.78 Å². The normalized spacial score (nSPS) is 26.2. The molecule has 0 unspecified atom stereocenters. The molecule has 0 N–H and O–H groups in total. The van der Waals surface area contributed by atoms with Crippen LogP contribution in [0.1, 0.15) is 39.5 Å². The summed E-state index contributed by atoms with van der Waals surface area (Å²) in [5.41, 5.74) is -0.141. The van der Waals surface area contributed by atoms with Crippen LogP contribution < -0.4 is 0 Å².